The van der Waals surface area contributed by atoms with Crippen LogP contribution in [0.2, 0.25) is 0 Å². The van der Waals surface area contributed by atoms with Crippen LogP contribution in [0.15, 0.2) is 0 Å². The Labute approximate surface area is 141 Å². The number of hydrogen-bond acceptors (Lipinski definition) is 7. The molecule has 1 spiro atoms. The Hall–Kier alpha value is -0.910. The summed E-state index contributed by atoms with van der Waals surface area (Å²) in [5.41, 5.74) is -2.74. The van der Waals surface area contributed by atoms with Crippen LogP contribution in [0.1, 0.15) is 45.4 Å². The Morgan fingerprint density at radius 2 is 1.92 bits per heavy atom. The summed E-state index contributed by atoms with van der Waals surface area (Å²) in [6.07, 6.45) is 4.13. The van der Waals surface area contributed by atoms with Crippen molar-refractivity contribution in [1.82, 2.24) is 0 Å². The molecule has 0 aromatic heterocycles. The van der Waals surface area contributed by atoms with Gasteiger partial charge in [0, 0.05) is 20.1 Å². The molecule has 1 heterocycles. The average molecular weight is 360 g/mol. The lowest BCUT2D eigenvalue weighted by molar-refractivity contribution is -0.188. The average Bonchev–Trinajstić information content (AvgIpc) is 3.04. The lowest BCUT2D eigenvalue weighted by Gasteiger charge is -2.46. The monoisotopic (exact) mass is 360 g/mol. The second-order valence-electron chi connectivity index (χ2n) is 6.82. The van der Waals surface area contributed by atoms with E-state index in [2.05, 4.69) is 0 Å². The zero-order valence-corrected chi connectivity index (χ0v) is 15.3. The largest absolute Gasteiger partial charge is 0.465 e. The molecule has 7 nitrogen and oxygen atoms in total. The molecule has 8 heteroatoms. The highest BCUT2D eigenvalue weighted by Crippen LogP contribution is 2.70. The Morgan fingerprint density at radius 3 is 2.54 bits per heavy atom. The van der Waals surface area contributed by atoms with Gasteiger partial charge >= 0.3 is 19.5 Å². The topological polar surface area (TPSA) is 88.1 Å². The van der Waals surface area contributed by atoms with E-state index in [1.54, 1.807) is 6.92 Å². The SMILES string of the molecule is CCOC(=O)[C@]12CCCC[C@]13OC(=O)[C@@H](P(=O)(OC)OC)[C@@H]3CC2. The van der Waals surface area contributed by atoms with Crippen molar-refractivity contribution in [2.45, 2.75) is 56.7 Å². The van der Waals surface area contributed by atoms with E-state index in [4.69, 9.17) is 18.5 Å². The zero-order chi connectivity index (χ0) is 17.6. The summed E-state index contributed by atoms with van der Waals surface area (Å²) in [4.78, 5) is 25.4. The minimum atomic E-state index is -3.63. The van der Waals surface area contributed by atoms with Crippen molar-refractivity contribution in [3.05, 3.63) is 0 Å². The Morgan fingerprint density at radius 1 is 1.25 bits per heavy atom. The number of esters is 2. The number of carbonyl (C=O) groups is 2. The lowest BCUT2D eigenvalue weighted by atomic mass is 9.63. The summed E-state index contributed by atoms with van der Waals surface area (Å²) in [6, 6.07) is 0. The fourth-order valence-corrected chi connectivity index (χ4v) is 6.86. The summed E-state index contributed by atoms with van der Waals surface area (Å²) in [5.74, 6) is -1.23. The van der Waals surface area contributed by atoms with Crippen molar-refractivity contribution in [3.8, 4) is 0 Å². The predicted molar refractivity (Wildman–Crippen MR) is 84.5 cm³/mol. The van der Waals surface area contributed by atoms with Gasteiger partial charge in [-0.15, -0.1) is 0 Å². The highest BCUT2D eigenvalue weighted by molar-refractivity contribution is 7.55. The van der Waals surface area contributed by atoms with Gasteiger partial charge in [-0.05, 0) is 39.0 Å². The fraction of sp³-hybridized carbons (Fsp3) is 0.875. The number of carbonyl (C=O) groups excluding carboxylic acids is 2. The third-order valence-electron chi connectivity index (χ3n) is 6.11. The van der Waals surface area contributed by atoms with E-state index < -0.39 is 30.2 Å². The molecule has 0 radical (unpaired) electrons. The molecule has 3 aliphatic rings. The van der Waals surface area contributed by atoms with E-state index in [0.717, 1.165) is 12.8 Å². The first-order chi connectivity index (χ1) is 11.4. The fourth-order valence-electron chi connectivity index (χ4n) is 5.12. The van der Waals surface area contributed by atoms with Crippen LogP contribution in [0.4, 0.5) is 0 Å². The van der Waals surface area contributed by atoms with E-state index in [1.807, 2.05) is 0 Å². The standard InChI is InChI=1S/C16H25O7P/c1-4-22-14(18)15-8-5-6-9-16(15)11(7-10-15)12(13(17)23-16)24(19,20-2)21-3/h11-12H,4-10H2,1-3H3/t11-,12-,15+,16+/m0/s1. The molecule has 0 aromatic carbocycles. The van der Waals surface area contributed by atoms with Crippen LogP contribution in [-0.2, 0) is 32.7 Å². The zero-order valence-electron chi connectivity index (χ0n) is 14.4. The number of rotatable bonds is 5. The summed E-state index contributed by atoms with van der Waals surface area (Å²) < 4.78 is 34.3. The maximum absolute atomic E-state index is 12.9. The third-order valence-corrected chi connectivity index (χ3v) is 8.38. The third kappa shape index (κ3) is 2.14. The van der Waals surface area contributed by atoms with E-state index in [-0.39, 0.29) is 18.5 Å². The molecule has 2 aliphatic carbocycles. The Bertz CT molecular complexity index is 583. The van der Waals surface area contributed by atoms with Crippen molar-refractivity contribution in [2.24, 2.45) is 11.3 Å². The molecular formula is C16H25O7P. The molecule has 0 aromatic rings. The molecule has 0 unspecified atom stereocenters. The van der Waals surface area contributed by atoms with E-state index in [1.165, 1.54) is 14.2 Å². The van der Waals surface area contributed by atoms with Gasteiger partial charge in [0.15, 0.2) is 5.66 Å². The highest BCUT2D eigenvalue weighted by atomic mass is 31.2. The van der Waals surface area contributed by atoms with Gasteiger partial charge in [-0.2, -0.15) is 0 Å². The molecule has 0 bridgehead atoms. The van der Waals surface area contributed by atoms with Gasteiger partial charge in [0.2, 0.25) is 0 Å². The molecular weight excluding hydrogens is 335 g/mol. The van der Waals surface area contributed by atoms with Crippen LogP contribution in [0.3, 0.4) is 0 Å². The second-order valence-corrected chi connectivity index (χ2v) is 9.18. The summed E-state index contributed by atoms with van der Waals surface area (Å²) >= 11 is 0. The van der Waals surface area contributed by atoms with Gasteiger partial charge in [-0.25, -0.2) is 0 Å². The quantitative estimate of drug-likeness (QED) is 0.550. The van der Waals surface area contributed by atoms with Gasteiger partial charge in [-0.3, -0.25) is 14.2 Å². The van der Waals surface area contributed by atoms with Crippen LogP contribution in [-0.4, -0.2) is 44.0 Å². The number of ether oxygens (including phenoxy) is 2. The summed E-state index contributed by atoms with van der Waals surface area (Å²) in [7, 11) is -1.08. The molecule has 1 saturated heterocycles. The molecule has 0 amide bonds. The van der Waals surface area contributed by atoms with Gasteiger partial charge in [0.1, 0.15) is 11.0 Å². The van der Waals surface area contributed by atoms with Crippen LogP contribution in [0, 0.1) is 11.3 Å². The first-order valence-corrected chi connectivity index (χ1v) is 10.1. The maximum Gasteiger partial charge on any atom is 0.344 e. The molecule has 3 fully saturated rings. The van der Waals surface area contributed by atoms with Crippen LogP contribution in [0.5, 0.6) is 0 Å². The van der Waals surface area contributed by atoms with Crippen molar-refractivity contribution in [2.75, 3.05) is 20.8 Å². The highest BCUT2D eigenvalue weighted by Gasteiger charge is 2.76. The van der Waals surface area contributed by atoms with Gasteiger partial charge in [-0.1, -0.05) is 6.42 Å². The summed E-state index contributed by atoms with van der Waals surface area (Å²) in [6.45, 7) is 2.05. The maximum atomic E-state index is 12.9. The normalized spacial score (nSPS) is 38.4. The number of hydrogen-bond donors (Lipinski definition) is 0. The van der Waals surface area contributed by atoms with Gasteiger partial charge in [0.25, 0.3) is 0 Å². The van der Waals surface area contributed by atoms with Crippen LogP contribution in [0.25, 0.3) is 0 Å². The van der Waals surface area contributed by atoms with E-state index >= 15 is 0 Å². The lowest BCUT2D eigenvalue weighted by Crippen LogP contribution is -2.55. The van der Waals surface area contributed by atoms with Crippen molar-refractivity contribution >= 4 is 19.5 Å². The molecule has 24 heavy (non-hydrogen) atoms. The molecule has 0 N–H and O–H groups in total. The predicted octanol–water partition coefficient (Wildman–Crippen LogP) is 2.67. The second kappa shape index (κ2) is 6.11. The molecule has 1 aliphatic heterocycles. The van der Waals surface area contributed by atoms with Crippen molar-refractivity contribution in [3.63, 3.8) is 0 Å². The minimum absolute atomic E-state index is 0.285. The first kappa shape index (κ1) is 17.9. The van der Waals surface area contributed by atoms with Crippen LogP contribution < -0.4 is 0 Å². The summed E-state index contributed by atoms with van der Waals surface area (Å²) in [5, 5.41) is 0. The minimum Gasteiger partial charge on any atom is -0.465 e. The van der Waals surface area contributed by atoms with E-state index in [0.29, 0.717) is 25.7 Å². The van der Waals surface area contributed by atoms with Crippen molar-refractivity contribution in [1.29, 1.82) is 0 Å². The molecule has 3 rings (SSSR count). The van der Waals surface area contributed by atoms with Gasteiger partial charge < -0.3 is 18.5 Å². The smallest absolute Gasteiger partial charge is 0.344 e. The van der Waals surface area contributed by atoms with Crippen molar-refractivity contribution < 1.29 is 32.7 Å². The van der Waals surface area contributed by atoms with Crippen LogP contribution >= 0.6 is 7.60 Å². The Kier molecular flexibility index (Phi) is 4.56. The van der Waals surface area contributed by atoms with E-state index in [9.17, 15) is 14.2 Å². The molecule has 136 valence electrons. The first-order valence-electron chi connectivity index (χ1n) is 8.52. The molecule has 2 saturated carbocycles. The van der Waals surface area contributed by atoms with Gasteiger partial charge in [0.05, 0.1) is 6.61 Å². The molecule has 4 atom stereocenters. The Balaban J connectivity index is 2.05.